The number of halogens is 5. The highest BCUT2D eigenvalue weighted by Crippen LogP contribution is 2.27. The number of hydrazone groups is 1. The molecule has 0 spiro atoms. The molecule has 31 heavy (non-hydrogen) atoms. The Morgan fingerprint density at radius 1 is 1.13 bits per heavy atom. The zero-order valence-corrected chi connectivity index (χ0v) is 17.9. The molecule has 7 nitrogen and oxygen atoms in total. The first-order valence-electron chi connectivity index (χ1n) is 8.80. The molecule has 0 aliphatic heterocycles. The number of carbonyl (C=O) groups excluding carboxylic acids is 1. The van der Waals surface area contributed by atoms with Gasteiger partial charge in [0.05, 0.1) is 16.3 Å². The monoisotopic (exact) mass is 462 g/mol. The fourth-order valence-electron chi connectivity index (χ4n) is 2.36. The molecule has 0 radical (unpaired) electrons. The maximum atomic E-state index is 14.5. The lowest BCUT2D eigenvalue weighted by Crippen LogP contribution is -2.41. The third-order valence-corrected chi connectivity index (χ3v) is 4.86. The molecule has 168 valence electrons. The smallest absolute Gasteiger partial charge is 0.292 e. The van der Waals surface area contributed by atoms with Crippen LogP contribution < -0.4 is 16.7 Å². The molecule has 0 fully saturated rings. The third kappa shape index (κ3) is 5.04. The summed E-state index contributed by atoms with van der Waals surface area (Å²) in [6, 6.07) is 1.63. The van der Waals surface area contributed by atoms with Gasteiger partial charge in [-0.05, 0) is 19.1 Å². The van der Waals surface area contributed by atoms with E-state index in [0.717, 1.165) is 13.1 Å². The number of nitrogens with zero attached hydrogens (tertiary/aromatic N) is 3. The Morgan fingerprint density at radius 3 is 2.23 bits per heavy atom. The predicted octanol–water partition coefficient (Wildman–Crippen LogP) is 3.50. The average Bonchev–Trinajstić information content (AvgIpc) is 2.62. The number of benzene rings is 1. The molecule has 1 aromatic heterocycles. The topological polar surface area (TPSA) is 85.5 Å². The summed E-state index contributed by atoms with van der Waals surface area (Å²) in [7, 11) is 0.784. The van der Waals surface area contributed by atoms with Gasteiger partial charge in [0.15, 0.2) is 0 Å². The van der Waals surface area contributed by atoms with Crippen molar-refractivity contribution in [3.8, 4) is 5.69 Å². The summed E-state index contributed by atoms with van der Waals surface area (Å²) in [5.41, 5.74) is -3.00. The molecule has 0 saturated carbocycles. The average molecular weight is 463 g/mol. The van der Waals surface area contributed by atoms with Crippen LogP contribution in [0.4, 0.5) is 17.6 Å². The minimum absolute atomic E-state index is 0.159. The van der Waals surface area contributed by atoms with Gasteiger partial charge in [-0.1, -0.05) is 32.4 Å². The zero-order valence-electron chi connectivity index (χ0n) is 17.2. The lowest BCUT2D eigenvalue weighted by molar-refractivity contribution is -0.144. The molecule has 1 amide bonds. The van der Waals surface area contributed by atoms with Crippen LogP contribution in [-0.4, -0.2) is 20.8 Å². The van der Waals surface area contributed by atoms with Crippen LogP contribution in [0.25, 0.3) is 5.69 Å². The van der Waals surface area contributed by atoms with Crippen molar-refractivity contribution in [3.63, 3.8) is 0 Å². The number of aromatic nitrogens is 2. The largest absolute Gasteiger partial charge is 0.431 e. The Balaban J connectivity index is 2.64. The summed E-state index contributed by atoms with van der Waals surface area (Å²) in [6.07, 6.45) is -4.97. The Hall–Kier alpha value is -2.95. The summed E-state index contributed by atoms with van der Waals surface area (Å²) in [5.74, 6) is -2.05. The molecule has 0 aliphatic carbocycles. The molecule has 0 saturated heterocycles. The van der Waals surface area contributed by atoms with Crippen molar-refractivity contribution >= 4 is 23.2 Å². The van der Waals surface area contributed by atoms with E-state index in [1.165, 1.54) is 0 Å². The summed E-state index contributed by atoms with van der Waals surface area (Å²) >= 11 is 5.92. The molecule has 0 atom stereocenters. The first kappa shape index (κ1) is 24.3. The van der Waals surface area contributed by atoms with Gasteiger partial charge >= 0.3 is 11.9 Å². The van der Waals surface area contributed by atoms with Crippen LogP contribution in [0.2, 0.25) is 5.02 Å². The van der Waals surface area contributed by atoms with Crippen LogP contribution in [0.3, 0.4) is 0 Å². The number of nitrogens with one attached hydrogen (secondary N) is 1. The van der Waals surface area contributed by atoms with E-state index in [9.17, 15) is 31.9 Å². The molecular weight excluding hydrogens is 444 g/mol. The minimum Gasteiger partial charge on any atom is -0.292 e. The molecule has 2 aromatic rings. The van der Waals surface area contributed by atoms with Gasteiger partial charge in [0.1, 0.15) is 11.5 Å². The SMILES string of the molecule is CC(=NNC(=O)c1cc(-n2c(=O)cc(C(F)(F)F)n(C)c2=O)c(F)cc1Cl)C(C)(C)C. The Bertz CT molecular complexity index is 1190. The van der Waals surface area contributed by atoms with Crippen LogP contribution >= 0.6 is 11.6 Å². The number of hydrogen-bond acceptors (Lipinski definition) is 4. The van der Waals surface area contributed by atoms with E-state index in [1.807, 2.05) is 20.8 Å². The van der Waals surface area contributed by atoms with Crippen molar-refractivity contribution in [2.24, 2.45) is 17.6 Å². The van der Waals surface area contributed by atoms with Gasteiger partial charge in [-0.3, -0.25) is 14.2 Å². The lowest BCUT2D eigenvalue weighted by atomic mass is 9.91. The second-order valence-electron chi connectivity index (χ2n) is 7.71. The standard InChI is InChI=1S/C19H19ClF4N4O3/c1-9(18(2,3)4)25-26-16(30)10-6-13(12(21)7-11(10)20)28-15(29)8-14(19(22,23)24)27(5)17(28)31/h6-8H,1-5H3,(H,26,30). The first-order chi connectivity index (χ1) is 14.1. The van der Waals surface area contributed by atoms with Crippen LogP contribution in [0.5, 0.6) is 0 Å². The van der Waals surface area contributed by atoms with Crippen LogP contribution in [-0.2, 0) is 13.2 Å². The van der Waals surface area contributed by atoms with Crippen molar-refractivity contribution < 1.29 is 22.4 Å². The van der Waals surface area contributed by atoms with E-state index >= 15 is 0 Å². The van der Waals surface area contributed by atoms with Gasteiger partial charge < -0.3 is 0 Å². The molecule has 0 unspecified atom stereocenters. The van der Waals surface area contributed by atoms with Gasteiger partial charge in [-0.15, -0.1) is 0 Å². The number of rotatable bonds is 3. The predicted molar refractivity (Wildman–Crippen MR) is 107 cm³/mol. The van der Waals surface area contributed by atoms with E-state index in [2.05, 4.69) is 10.5 Å². The summed E-state index contributed by atoms with van der Waals surface area (Å²) in [5, 5.41) is 3.58. The van der Waals surface area contributed by atoms with E-state index in [-0.39, 0.29) is 31.2 Å². The third-order valence-electron chi connectivity index (χ3n) is 4.54. The second-order valence-corrected chi connectivity index (χ2v) is 8.12. The van der Waals surface area contributed by atoms with E-state index < -0.39 is 40.5 Å². The number of amides is 1. The summed E-state index contributed by atoms with van der Waals surface area (Å²) in [4.78, 5) is 37.1. The quantitative estimate of drug-likeness (QED) is 0.430. The van der Waals surface area contributed by atoms with Gasteiger partial charge in [0.25, 0.3) is 11.5 Å². The molecular formula is C19H19ClF4N4O3. The highest BCUT2D eigenvalue weighted by molar-refractivity contribution is 6.34. The van der Waals surface area contributed by atoms with Gasteiger partial charge in [0.2, 0.25) is 0 Å². The summed E-state index contributed by atoms with van der Waals surface area (Å²) < 4.78 is 53.9. The van der Waals surface area contributed by atoms with Crippen LogP contribution in [0.15, 0.2) is 32.9 Å². The Labute approximate surface area is 178 Å². The molecule has 1 aromatic carbocycles. The maximum Gasteiger partial charge on any atom is 0.431 e. The maximum absolute atomic E-state index is 14.5. The van der Waals surface area contributed by atoms with Gasteiger partial charge in [-0.25, -0.2) is 19.2 Å². The highest BCUT2D eigenvalue weighted by atomic mass is 35.5. The van der Waals surface area contributed by atoms with Crippen molar-refractivity contribution in [1.29, 1.82) is 0 Å². The second kappa shape index (κ2) is 8.29. The Morgan fingerprint density at radius 2 is 1.71 bits per heavy atom. The van der Waals surface area contributed by atoms with Gasteiger partial charge in [-0.2, -0.15) is 18.3 Å². The minimum atomic E-state index is -4.97. The fraction of sp³-hybridized carbons (Fsp3) is 0.368. The molecule has 0 aliphatic rings. The molecule has 0 bridgehead atoms. The van der Waals surface area contributed by atoms with E-state index in [0.29, 0.717) is 11.8 Å². The highest BCUT2D eigenvalue weighted by Gasteiger charge is 2.35. The van der Waals surface area contributed by atoms with E-state index in [4.69, 9.17) is 11.6 Å². The van der Waals surface area contributed by atoms with Crippen molar-refractivity contribution in [2.75, 3.05) is 0 Å². The van der Waals surface area contributed by atoms with Crippen molar-refractivity contribution in [3.05, 3.63) is 61.1 Å². The molecule has 12 heteroatoms. The van der Waals surface area contributed by atoms with Gasteiger partial charge in [0, 0.05) is 24.2 Å². The number of alkyl halides is 3. The Kier molecular flexibility index (Phi) is 6.51. The molecule has 2 rings (SSSR count). The fourth-order valence-corrected chi connectivity index (χ4v) is 2.60. The normalized spacial score (nSPS) is 12.8. The zero-order chi connectivity index (χ0) is 23.9. The van der Waals surface area contributed by atoms with Crippen LogP contribution in [0, 0.1) is 11.2 Å². The van der Waals surface area contributed by atoms with Crippen LogP contribution in [0.1, 0.15) is 43.7 Å². The number of carbonyl (C=O) groups is 1. The first-order valence-corrected chi connectivity index (χ1v) is 9.18. The summed E-state index contributed by atoms with van der Waals surface area (Å²) in [6.45, 7) is 7.23. The lowest BCUT2D eigenvalue weighted by Gasteiger charge is -2.18. The van der Waals surface area contributed by atoms with Crippen molar-refractivity contribution in [1.82, 2.24) is 14.6 Å². The number of hydrogen-bond donors (Lipinski definition) is 1. The van der Waals surface area contributed by atoms with Crippen molar-refractivity contribution in [2.45, 2.75) is 33.9 Å². The molecule has 1 N–H and O–H groups in total. The van der Waals surface area contributed by atoms with E-state index in [1.54, 1.807) is 6.92 Å². The molecule has 1 heterocycles.